The molecule has 0 aliphatic heterocycles. The number of halogens is 1. The fourth-order valence-corrected chi connectivity index (χ4v) is 2.09. The monoisotopic (exact) mass is 282 g/mol. The molecular weight excluding hydrogens is 268 g/mol. The summed E-state index contributed by atoms with van der Waals surface area (Å²) in [6.45, 7) is 0.899. The maximum absolute atomic E-state index is 11.8. The average molecular weight is 283 g/mol. The predicted molar refractivity (Wildman–Crippen MR) is 66.6 cm³/mol. The van der Waals surface area contributed by atoms with E-state index >= 15 is 0 Å². The highest BCUT2D eigenvalue weighted by Crippen LogP contribution is 2.32. The smallest absolute Gasteiger partial charge is 0.189 e. The molecule has 0 heterocycles. The van der Waals surface area contributed by atoms with Crippen LogP contribution < -0.4 is 0 Å². The van der Waals surface area contributed by atoms with Gasteiger partial charge in [0, 0.05) is 16.6 Å². The fourth-order valence-electron chi connectivity index (χ4n) is 1.59. The molecule has 1 aromatic rings. The molecule has 0 aromatic heterocycles. The summed E-state index contributed by atoms with van der Waals surface area (Å²) in [7, 11) is 0. The molecule has 1 aromatic carbocycles. The molecule has 0 atom stereocenters. The number of hydrogen-bond donors (Lipinski definition) is 0. The summed E-state index contributed by atoms with van der Waals surface area (Å²) in [5.74, 6) is 0.904. The maximum Gasteiger partial charge on any atom is 0.189 e. The number of ether oxygens (including phenoxy) is 1. The summed E-state index contributed by atoms with van der Waals surface area (Å²) in [6, 6.07) is 7.45. The second kappa shape index (κ2) is 5.60. The third-order valence-corrected chi connectivity index (χ3v) is 3.47. The van der Waals surface area contributed by atoms with Crippen molar-refractivity contribution in [3.63, 3.8) is 0 Å². The number of Topliss-reactive ketones (excluding diaryl/α,β-unsaturated/α-hetero) is 1. The Hall–Kier alpha value is -0.670. The molecule has 0 bridgehead atoms. The molecule has 1 saturated carbocycles. The Morgan fingerprint density at radius 2 is 2.12 bits per heavy atom. The van der Waals surface area contributed by atoms with E-state index in [4.69, 9.17) is 4.74 Å². The normalized spacial score (nSPS) is 15.1. The molecule has 1 fully saturated rings. The summed E-state index contributed by atoms with van der Waals surface area (Å²) in [5.41, 5.74) is 0.703. The maximum atomic E-state index is 11.8. The molecule has 0 N–H and O–H groups in total. The number of ketones is 1. The van der Waals surface area contributed by atoms with Gasteiger partial charge in [0.25, 0.3) is 0 Å². The van der Waals surface area contributed by atoms with Gasteiger partial charge in [0.05, 0.1) is 0 Å². The SMILES string of the molecule is O=C(COCCC1CC1)c1ccccc1Br. The first-order valence-electron chi connectivity index (χ1n) is 5.63. The lowest BCUT2D eigenvalue weighted by atomic mass is 10.1. The molecule has 0 radical (unpaired) electrons. The van der Waals surface area contributed by atoms with Gasteiger partial charge in [0.15, 0.2) is 5.78 Å². The lowest BCUT2D eigenvalue weighted by Crippen LogP contribution is -2.10. The zero-order chi connectivity index (χ0) is 11.4. The van der Waals surface area contributed by atoms with E-state index < -0.39 is 0 Å². The van der Waals surface area contributed by atoms with Gasteiger partial charge in [-0.1, -0.05) is 47.0 Å². The van der Waals surface area contributed by atoms with Gasteiger partial charge in [-0.2, -0.15) is 0 Å². The van der Waals surface area contributed by atoms with Crippen molar-refractivity contribution >= 4 is 21.7 Å². The van der Waals surface area contributed by atoms with Crippen LogP contribution in [0.1, 0.15) is 29.6 Å². The van der Waals surface area contributed by atoms with Crippen molar-refractivity contribution in [3.05, 3.63) is 34.3 Å². The minimum Gasteiger partial charge on any atom is -0.373 e. The molecule has 1 aliphatic carbocycles. The van der Waals surface area contributed by atoms with Gasteiger partial charge in [-0.3, -0.25) is 4.79 Å². The van der Waals surface area contributed by atoms with Crippen molar-refractivity contribution in [2.75, 3.05) is 13.2 Å². The van der Waals surface area contributed by atoms with Gasteiger partial charge in [0.1, 0.15) is 6.61 Å². The fraction of sp³-hybridized carbons (Fsp3) is 0.462. The number of rotatable bonds is 6. The average Bonchev–Trinajstić information content (AvgIpc) is 3.08. The zero-order valence-corrected chi connectivity index (χ0v) is 10.7. The van der Waals surface area contributed by atoms with E-state index in [1.807, 2.05) is 24.3 Å². The van der Waals surface area contributed by atoms with Crippen molar-refractivity contribution in [1.82, 2.24) is 0 Å². The summed E-state index contributed by atoms with van der Waals surface area (Å²) in [5, 5.41) is 0. The van der Waals surface area contributed by atoms with E-state index in [-0.39, 0.29) is 12.4 Å². The van der Waals surface area contributed by atoms with Crippen LogP contribution >= 0.6 is 15.9 Å². The minimum atomic E-state index is 0.0447. The van der Waals surface area contributed by atoms with Crippen LogP contribution in [0.4, 0.5) is 0 Å². The minimum absolute atomic E-state index is 0.0447. The van der Waals surface area contributed by atoms with Crippen LogP contribution in [0.15, 0.2) is 28.7 Å². The highest BCUT2D eigenvalue weighted by molar-refractivity contribution is 9.10. The quantitative estimate of drug-likeness (QED) is 0.590. The first-order valence-corrected chi connectivity index (χ1v) is 6.42. The van der Waals surface area contributed by atoms with Crippen molar-refractivity contribution in [1.29, 1.82) is 0 Å². The predicted octanol–water partition coefficient (Wildman–Crippen LogP) is 3.45. The number of carbonyl (C=O) groups is 1. The Labute approximate surface area is 104 Å². The molecule has 0 unspecified atom stereocenters. The van der Waals surface area contributed by atoms with Crippen molar-refractivity contribution in [3.8, 4) is 0 Å². The third kappa shape index (κ3) is 3.42. The molecule has 1 aliphatic rings. The molecule has 0 spiro atoms. The highest BCUT2D eigenvalue weighted by atomic mass is 79.9. The lowest BCUT2D eigenvalue weighted by Gasteiger charge is -2.04. The second-order valence-electron chi connectivity index (χ2n) is 4.19. The number of carbonyl (C=O) groups excluding carboxylic acids is 1. The Balaban J connectivity index is 1.76. The van der Waals surface area contributed by atoms with Crippen LogP contribution in [0.5, 0.6) is 0 Å². The molecule has 2 rings (SSSR count). The van der Waals surface area contributed by atoms with E-state index in [1.165, 1.54) is 12.8 Å². The van der Waals surface area contributed by atoms with Gasteiger partial charge < -0.3 is 4.74 Å². The molecular formula is C13H15BrO2. The van der Waals surface area contributed by atoms with E-state index in [9.17, 15) is 4.79 Å². The van der Waals surface area contributed by atoms with Gasteiger partial charge >= 0.3 is 0 Å². The third-order valence-electron chi connectivity index (χ3n) is 2.77. The lowest BCUT2D eigenvalue weighted by molar-refractivity contribution is 0.0748. The van der Waals surface area contributed by atoms with Crippen LogP contribution in [-0.2, 0) is 4.74 Å². The number of benzene rings is 1. The van der Waals surface area contributed by atoms with E-state index in [0.29, 0.717) is 12.2 Å². The molecule has 3 heteroatoms. The molecule has 0 amide bonds. The standard InChI is InChI=1S/C13H15BrO2/c14-12-4-2-1-3-11(12)13(15)9-16-8-7-10-5-6-10/h1-4,10H,5-9H2. The van der Waals surface area contributed by atoms with Crippen molar-refractivity contribution in [2.45, 2.75) is 19.3 Å². The number of hydrogen-bond acceptors (Lipinski definition) is 2. The first-order chi connectivity index (χ1) is 7.77. The van der Waals surface area contributed by atoms with Crippen LogP contribution in [0.3, 0.4) is 0 Å². The molecule has 2 nitrogen and oxygen atoms in total. The van der Waals surface area contributed by atoms with E-state index in [1.54, 1.807) is 0 Å². The highest BCUT2D eigenvalue weighted by Gasteiger charge is 2.20. The Morgan fingerprint density at radius 3 is 2.81 bits per heavy atom. The first kappa shape index (κ1) is 11.8. The van der Waals surface area contributed by atoms with Crippen LogP contribution in [0.2, 0.25) is 0 Å². The zero-order valence-electron chi connectivity index (χ0n) is 9.12. The summed E-state index contributed by atoms with van der Waals surface area (Å²) in [6.07, 6.45) is 3.77. The summed E-state index contributed by atoms with van der Waals surface area (Å²) >= 11 is 3.36. The molecule has 16 heavy (non-hydrogen) atoms. The van der Waals surface area contributed by atoms with Crippen LogP contribution in [0.25, 0.3) is 0 Å². The van der Waals surface area contributed by atoms with Crippen molar-refractivity contribution in [2.24, 2.45) is 5.92 Å². The summed E-state index contributed by atoms with van der Waals surface area (Å²) < 4.78 is 6.22. The van der Waals surface area contributed by atoms with Gasteiger partial charge in [-0.05, 0) is 18.4 Å². The van der Waals surface area contributed by atoms with E-state index in [0.717, 1.165) is 16.8 Å². The molecule has 0 saturated heterocycles. The largest absolute Gasteiger partial charge is 0.373 e. The molecule has 86 valence electrons. The topological polar surface area (TPSA) is 26.3 Å². The van der Waals surface area contributed by atoms with Gasteiger partial charge in [-0.15, -0.1) is 0 Å². The van der Waals surface area contributed by atoms with Crippen LogP contribution in [-0.4, -0.2) is 19.0 Å². The Bertz CT molecular complexity index is 372. The van der Waals surface area contributed by atoms with Gasteiger partial charge in [-0.25, -0.2) is 0 Å². The second-order valence-corrected chi connectivity index (χ2v) is 5.04. The van der Waals surface area contributed by atoms with Gasteiger partial charge in [0.2, 0.25) is 0 Å². The van der Waals surface area contributed by atoms with Crippen LogP contribution in [0, 0.1) is 5.92 Å². The summed E-state index contributed by atoms with van der Waals surface area (Å²) in [4.78, 5) is 11.8. The van der Waals surface area contributed by atoms with Crippen molar-refractivity contribution < 1.29 is 9.53 Å². The Morgan fingerprint density at radius 1 is 1.38 bits per heavy atom. The Kier molecular flexibility index (Phi) is 4.13. The van der Waals surface area contributed by atoms with E-state index in [2.05, 4.69) is 15.9 Å².